The summed E-state index contributed by atoms with van der Waals surface area (Å²) in [7, 11) is 1.61. The van der Waals surface area contributed by atoms with E-state index in [0.29, 0.717) is 29.9 Å². The van der Waals surface area contributed by atoms with Crippen molar-refractivity contribution in [3.63, 3.8) is 0 Å². The zero-order chi connectivity index (χ0) is 23.6. The van der Waals surface area contributed by atoms with Crippen LogP contribution in [-0.4, -0.2) is 47.2 Å². The van der Waals surface area contributed by atoms with Gasteiger partial charge in [-0.25, -0.2) is 9.97 Å². The monoisotopic (exact) mass is 458 g/mol. The van der Waals surface area contributed by atoms with Crippen LogP contribution in [0.3, 0.4) is 0 Å². The summed E-state index contributed by atoms with van der Waals surface area (Å²) in [5.41, 5.74) is 7.34. The number of imidazole rings is 1. The van der Waals surface area contributed by atoms with E-state index in [4.69, 9.17) is 10.5 Å². The maximum atomic E-state index is 13.1. The Bertz CT molecular complexity index is 1170. The first-order valence-electron chi connectivity index (χ1n) is 10.2. The number of alkyl halides is 3. The number of benzene rings is 1. The number of pyridine rings is 1. The fourth-order valence-electron chi connectivity index (χ4n) is 3.94. The molecule has 1 aliphatic rings. The number of nitrogens with two attached hydrogens (primary N) is 1. The molecule has 2 aromatic heterocycles. The molecule has 1 saturated heterocycles. The van der Waals surface area contributed by atoms with Gasteiger partial charge in [0.1, 0.15) is 29.5 Å². The standard InChI is InChI=1S/C22H21F3N6O2/c1-32-16-3-2-5-30(12-16)15-7-14(8-17(9-15)33-22(23,24)25)18-10-20(27)29-21(19(18)11-26)31-6-4-28-13-31/h4,6-10,13,16H,2-3,5,12H2,1H3,(H2,27,29). The average molecular weight is 458 g/mol. The topological polar surface area (TPSA) is 102 Å². The van der Waals surface area contributed by atoms with E-state index in [1.54, 1.807) is 19.4 Å². The molecule has 3 aromatic rings. The highest BCUT2D eigenvalue weighted by Crippen LogP contribution is 2.37. The molecule has 1 unspecified atom stereocenters. The van der Waals surface area contributed by atoms with Crippen molar-refractivity contribution in [1.29, 1.82) is 5.26 Å². The van der Waals surface area contributed by atoms with Crippen molar-refractivity contribution >= 4 is 11.5 Å². The Labute approximate surface area is 188 Å². The highest BCUT2D eigenvalue weighted by Gasteiger charge is 2.32. The minimum atomic E-state index is -4.87. The number of methoxy groups -OCH3 is 1. The molecule has 1 fully saturated rings. The normalized spacial score (nSPS) is 16.5. The molecule has 8 nitrogen and oxygen atoms in total. The molecule has 11 heteroatoms. The Morgan fingerprint density at radius 1 is 1.24 bits per heavy atom. The van der Waals surface area contributed by atoms with E-state index in [-0.39, 0.29) is 23.3 Å². The Morgan fingerprint density at radius 2 is 2.06 bits per heavy atom. The SMILES string of the molecule is COC1CCCN(c2cc(OC(F)(F)F)cc(-c3cc(N)nc(-n4ccnc4)c3C#N)c2)C1. The molecule has 4 rings (SSSR count). The zero-order valence-electron chi connectivity index (χ0n) is 17.7. The quantitative estimate of drug-likeness (QED) is 0.619. The van der Waals surface area contributed by atoms with E-state index in [1.165, 1.54) is 35.3 Å². The van der Waals surface area contributed by atoms with Gasteiger partial charge in [-0.3, -0.25) is 4.57 Å². The lowest BCUT2D eigenvalue weighted by atomic mass is 9.99. The van der Waals surface area contributed by atoms with E-state index in [9.17, 15) is 18.4 Å². The van der Waals surface area contributed by atoms with Crippen molar-refractivity contribution in [3.05, 3.63) is 48.5 Å². The number of nitriles is 1. The Balaban J connectivity index is 1.87. The summed E-state index contributed by atoms with van der Waals surface area (Å²) in [6, 6.07) is 7.85. The molecule has 0 spiro atoms. The lowest BCUT2D eigenvalue weighted by Gasteiger charge is -2.34. The number of anilines is 2. The first-order valence-corrected chi connectivity index (χ1v) is 10.2. The van der Waals surface area contributed by atoms with Crippen molar-refractivity contribution in [2.24, 2.45) is 0 Å². The number of ether oxygens (including phenoxy) is 2. The van der Waals surface area contributed by atoms with Crippen molar-refractivity contribution in [2.45, 2.75) is 25.3 Å². The molecule has 0 saturated carbocycles. The molecular weight excluding hydrogens is 437 g/mol. The van der Waals surface area contributed by atoms with Gasteiger partial charge >= 0.3 is 6.36 Å². The number of piperidine rings is 1. The minimum absolute atomic E-state index is 0.0338. The van der Waals surface area contributed by atoms with Crippen LogP contribution in [0.4, 0.5) is 24.7 Å². The highest BCUT2D eigenvalue weighted by atomic mass is 19.4. The van der Waals surface area contributed by atoms with Crippen LogP contribution in [0.25, 0.3) is 16.9 Å². The maximum Gasteiger partial charge on any atom is 0.573 e. The number of halogens is 3. The van der Waals surface area contributed by atoms with Crippen LogP contribution < -0.4 is 15.4 Å². The Hall–Kier alpha value is -3.78. The molecule has 1 aromatic carbocycles. The molecule has 2 N–H and O–H groups in total. The van der Waals surface area contributed by atoms with Crippen LogP contribution in [0.1, 0.15) is 18.4 Å². The van der Waals surface area contributed by atoms with Crippen LogP contribution in [0.5, 0.6) is 5.75 Å². The minimum Gasteiger partial charge on any atom is -0.406 e. The molecule has 0 radical (unpaired) electrons. The third-order valence-corrected chi connectivity index (χ3v) is 5.39. The first kappa shape index (κ1) is 22.4. The third kappa shape index (κ3) is 5.01. The number of rotatable bonds is 5. The molecule has 3 heterocycles. The molecule has 33 heavy (non-hydrogen) atoms. The smallest absolute Gasteiger partial charge is 0.406 e. The molecule has 0 bridgehead atoms. The van der Waals surface area contributed by atoms with Gasteiger partial charge in [-0.15, -0.1) is 13.2 Å². The molecule has 0 aliphatic carbocycles. The summed E-state index contributed by atoms with van der Waals surface area (Å²) in [4.78, 5) is 10.1. The van der Waals surface area contributed by atoms with Gasteiger partial charge in [0.15, 0.2) is 5.82 Å². The Morgan fingerprint density at radius 3 is 2.73 bits per heavy atom. The predicted molar refractivity (Wildman–Crippen MR) is 115 cm³/mol. The van der Waals surface area contributed by atoms with Crippen LogP contribution >= 0.6 is 0 Å². The second-order valence-electron chi connectivity index (χ2n) is 7.58. The molecule has 172 valence electrons. The van der Waals surface area contributed by atoms with Gasteiger partial charge in [-0.05, 0) is 36.6 Å². The maximum absolute atomic E-state index is 13.1. The number of hydrogen-bond donors (Lipinski definition) is 1. The molecule has 1 atom stereocenters. The van der Waals surface area contributed by atoms with E-state index in [2.05, 4.69) is 20.8 Å². The lowest BCUT2D eigenvalue weighted by Crippen LogP contribution is -2.39. The van der Waals surface area contributed by atoms with Crippen molar-refractivity contribution in [2.75, 3.05) is 30.8 Å². The van der Waals surface area contributed by atoms with Gasteiger partial charge in [-0.1, -0.05) is 0 Å². The van der Waals surface area contributed by atoms with E-state index >= 15 is 0 Å². The molecule has 1 aliphatic heterocycles. The van der Waals surface area contributed by atoms with Gasteiger partial charge in [0.2, 0.25) is 0 Å². The van der Waals surface area contributed by atoms with Gasteiger partial charge in [0.05, 0.1) is 6.10 Å². The lowest BCUT2D eigenvalue weighted by molar-refractivity contribution is -0.274. The van der Waals surface area contributed by atoms with E-state index in [1.807, 2.05) is 4.90 Å². The van der Waals surface area contributed by atoms with Crippen molar-refractivity contribution in [3.8, 4) is 28.8 Å². The third-order valence-electron chi connectivity index (χ3n) is 5.39. The predicted octanol–water partition coefficient (Wildman–Crippen LogP) is 3.90. The second-order valence-corrected chi connectivity index (χ2v) is 7.58. The summed E-state index contributed by atoms with van der Waals surface area (Å²) in [5, 5.41) is 9.89. The van der Waals surface area contributed by atoms with Crippen LogP contribution in [0.2, 0.25) is 0 Å². The molecule has 0 amide bonds. The second kappa shape index (κ2) is 8.99. The van der Waals surface area contributed by atoms with Crippen molar-refractivity contribution in [1.82, 2.24) is 14.5 Å². The summed E-state index contributed by atoms with van der Waals surface area (Å²) in [5.74, 6) is -0.0575. The zero-order valence-corrected chi connectivity index (χ0v) is 17.7. The van der Waals surface area contributed by atoms with E-state index < -0.39 is 12.1 Å². The fraction of sp³-hybridized carbons (Fsp3) is 0.318. The largest absolute Gasteiger partial charge is 0.573 e. The molecular formula is C22H21F3N6O2. The number of hydrogen-bond acceptors (Lipinski definition) is 7. The first-order chi connectivity index (χ1) is 15.8. The number of nitrogen functional groups attached to an aromatic ring is 1. The van der Waals surface area contributed by atoms with Gasteiger partial charge in [0.25, 0.3) is 0 Å². The number of nitrogens with zero attached hydrogens (tertiary/aromatic N) is 5. The number of aromatic nitrogens is 3. The summed E-state index contributed by atoms with van der Waals surface area (Å²) < 4.78 is 50.4. The van der Waals surface area contributed by atoms with Crippen LogP contribution in [-0.2, 0) is 4.74 Å². The van der Waals surface area contributed by atoms with Gasteiger partial charge < -0.3 is 20.1 Å². The fourth-order valence-corrected chi connectivity index (χ4v) is 3.94. The van der Waals surface area contributed by atoms with Crippen LogP contribution in [0.15, 0.2) is 43.0 Å². The average Bonchev–Trinajstić information content (AvgIpc) is 3.32. The van der Waals surface area contributed by atoms with Gasteiger partial charge in [-0.2, -0.15) is 5.26 Å². The summed E-state index contributed by atoms with van der Waals surface area (Å²) >= 11 is 0. The van der Waals surface area contributed by atoms with Crippen LogP contribution in [0, 0.1) is 11.3 Å². The summed E-state index contributed by atoms with van der Waals surface area (Å²) in [6.45, 7) is 1.17. The Kier molecular flexibility index (Phi) is 6.11. The van der Waals surface area contributed by atoms with Gasteiger partial charge in [0, 0.05) is 49.9 Å². The summed E-state index contributed by atoms with van der Waals surface area (Å²) in [6.07, 6.45) is 1.36. The highest BCUT2D eigenvalue weighted by molar-refractivity contribution is 5.79. The van der Waals surface area contributed by atoms with E-state index in [0.717, 1.165) is 12.8 Å². The van der Waals surface area contributed by atoms with Crippen molar-refractivity contribution < 1.29 is 22.6 Å².